The van der Waals surface area contributed by atoms with Gasteiger partial charge in [-0.3, -0.25) is 5.32 Å². The Hall–Kier alpha value is -1.81. The molecule has 1 amide bonds. The molecule has 0 atom stereocenters. The summed E-state index contributed by atoms with van der Waals surface area (Å²) in [6, 6.07) is 11.4. The van der Waals surface area contributed by atoms with Crippen LogP contribution in [0.1, 0.15) is 11.1 Å². The lowest BCUT2D eigenvalue weighted by atomic mass is 10.2. The van der Waals surface area contributed by atoms with Crippen molar-refractivity contribution in [2.45, 2.75) is 6.61 Å². The lowest BCUT2D eigenvalue weighted by Gasteiger charge is -2.06. The van der Waals surface area contributed by atoms with Crippen molar-refractivity contribution < 1.29 is 9.53 Å². The van der Waals surface area contributed by atoms with Crippen molar-refractivity contribution in [2.24, 2.45) is 0 Å². The van der Waals surface area contributed by atoms with E-state index in [-0.39, 0.29) is 6.61 Å². The van der Waals surface area contributed by atoms with Crippen LogP contribution in [0.2, 0.25) is 0 Å². The van der Waals surface area contributed by atoms with Gasteiger partial charge in [0.05, 0.1) is 0 Å². The predicted octanol–water partition coefficient (Wildman–Crippen LogP) is 3.68. The molecule has 0 bridgehead atoms. The molecule has 1 aromatic heterocycles. The van der Waals surface area contributed by atoms with E-state index in [1.165, 1.54) is 11.3 Å². The summed E-state index contributed by atoms with van der Waals surface area (Å²) < 4.78 is 5.09. The topological polar surface area (TPSA) is 38.3 Å². The van der Waals surface area contributed by atoms with Gasteiger partial charge in [0.2, 0.25) is 0 Å². The Labute approximate surface area is 104 Å². The first-order chi connectivity index (χ1) is 8.25. The number of benzene rings is 1. The summed E-state index contributed by atoms with van der Waals surface area (Å²) in [6.45, 7) is 4.06. The number of ether oxygens (including phenoxy) is 1. The number of rotatable bonds is 3. The molecule has 0 fully saturated rings. The number of anilines is 1. The summed E-state index contributed by atoms with van der Waals surface area (Å²) in [4.78, 5) is 11.5. The molecule has 0 saturated carbocycles. The third-order valence-corrected chi connectivity index (χ3v) is 3.05. The van der Waals surface area contributed by atoms with Crippen molar-refractivity contribution in [1.82, 2.24) is 0 Å². The van der Waals surface area contributed by atoms with E-state index in [1.807, 2.05) is 41.8 Å². The van der Waals surface area contributed by atoms with Crippen molar-refractivity contribution in [3.05, 3.63) is 59.8 Å². The van der Waals surface area contributed by atoms with E-state index in [9.17, 15) is 4.79 Å². The van der Waals surface area contributed by atoms with Crippen LogP contribution in [0.4, 0.5) is 9.80 Å². The molecule has 4 heteroatoms. The molecule has 0 spiro atoms. The Balaban J connectivity index is 1.85. The number of nitrogens with one attached hydrogen (secondary N) is 1. The van der Waals surface area contributed by atoms with E-state index in [4.69, 9.17) is 4.74 Å². The molecule has 0 aliphatic rings. The second kappa shape index (κ2) is 5.50. The maximum atomic E-state index is 11.5. The number of hydrogen-bond donors (Lipinski definition) is 1. The quantitative estimate of drug-likeness (QED) is 0.897. The highest BCUT2D eigenvalue weighted by Gasteiger charge is 2.06. The number of carbonyl (C=O) groups excluding carboxylic acids is 1. The van der Waals surface area contributed by atoms with E-state index in [0.29, 0.717) is 0 Å². The molecule has 87 valence electrons. The average molecular weight is 246 g/mol. The van der Waals surface area contributed by atoms with Gasteiger partial charge >= 0.3 is 6.09 Å². The first-order valence-corrected chi connectivity index (χ1v) is 6.01. The van der Waals surface area contributed by atoms with Crippen LogP contribution in [0.15, 0.2) is 41.8 Å². The molecule has 0 aliphatic carbocycles. The maximum absolute atomic E-state index is 11.5. The second-order valence-corrected chi connectivity index (χ2v) is 4.38. The van der Waals surface area contributed by atoms with Gasteiger partial charge in [-0.15, -0.1) is 11.3 Å². The third kappa shape index (κ3) is 3.32. The molecular weight excluding hydrogens is 234 g/mol. The summed E-state index contributed by atoms with van der Waals surface area (Å²) in [5.41, 5.74) is 1.76. The standard InChI is InChI=1S/C13H12NO2S/c1-10-7-8-17-12(10)14-13(15)16-9-11-5-3-2-4-6-11/h2-8H,1,9H2,(H,14,15). The minimum Gasteiger partial charge on any atom is -0.444 e. The summed E-state index contributed by atoms with van der Waals surface area (Å²) in [6.07, 6.45) is -0.457. The lowest BCUT2D eigenvalue weighted by molar-refractivity contribution is 0.155. The molecule has 0 unspecified atom stereocenters. The van der Waals surface area contributed by atoms with E-state index < -0.39 is 6.09 Å². The van der Waals surface area contributed by atoms with Crippen molar-refractivity contribution >= 4 is 22.4 Å². The van der Waals surface area contributed by atoms with Crippen LogP contribution in [0.25, 0.3) is 0 Å². The van der Waals surface area contributed by atoms with Gasteiger partial charge in [-0.1, -0.05) is 30.3 Å². The van der Waals surface area contributed by atoms with Crippen LogP contribution in [0, 0.1) is 6.92 Å². The zero-order valence-corrected chi connectivity index (χ0v) is 10.00. The highest BCUT2D eigenvalue weighted by Crippen LogP contribution is 2.21. The van der Waals surface area contributed by atoms with Gasteiger partial charge in [-0.25, -0.2) is 4.79 Å². The fraction of sp³-hybridized carbons (Fsp3) is 0.0769. The minimum absolute atomic E-state index is 0.268. The van der Waals surface area contributed by atoms with E-state index in [2.05, 4.69) is 12.2 Å². The van der Waals surface area contributed by atoms with Crippen LogP contribution in [-0.4, -0.2) is 6.09 Å². The minimum atomic E-state index is -0.457. The summed E-state index contributed by atoms with van der Waals surface area (Å²) in [7, 11) is 0. The largest absolute Gasteiger partial charge is 0.444 e. The Morgan fingerprint density at radius 2 is 2.06 bits per heavy atom. The van der Waals surface area contributed by atoms with Crippen LogP contribution in [0.5, 0.6) is 0 Å². The fourth-order valence-electron chi connectivity index (χ4n) is 1.30. The SMILES string of the molecule is [CH2]c1ccsc1NC(=O)OCc1ccccc1. The molecule has 1 radical (unpaired) electrons. The predicted molar refractivity (Wildman–Crippen MR) is 69.0 cm³/mol. The molecule has 2 rings (SSSR count). The van der Waals surface area contributed by atoms with Gasteiger partial charge in [-0.2, -0.15) is 0 Å². The zero-order valence-electron chi connectivity index (χ0n) is 9.18. The monoisotopic (exact) mass is 246 g/mol. The molecule has 0 saturated heterocycles. The Morgan fingerprint density at radius 1 is 1.29 bits per heavy atom. The van der Waals surface area contributed by atoms with Gasteiger partial charge < -0.3 is 4.74 Å². The highest BCUT2D eigenvalue weighted by atomic mass is 32.1. The van der Waals surface area contributed by atoms with Crippen LogP contribution >= 0.6 is 11.3 Å². The molecule has 1 N–H and O–H groups in total. The van der Waals surface area contributed by atoms with Gasteiger partial charge in [0.15, 0.2) is 0 Å². The van der Waals surface area contributed by atoms with Crippen molar-refractivity contribution in [1.29, 1.82) is 0 Å². The van der Waals surface area contributed by atoms with Crippen LogP contribution in [-0.2, 0) is 11.3 Å². The Morgan fingerprint density at radius 3 is 2.71 bits per heavy atom. The molecular formula is C13H12NO2S. The number of carbonyl (C=O) groups is 1. The number of amides is 1. The van der Waals surface area contributed by atoms with E-state index >= 15 is 0 Å². The smallest absolute Gasteiger partial charge is 0.412 e. The second-order valence-electron chi connectivity index (χ2n) is 3.46. The fourth-order valence-corrected chi connectivity index (χ4v) is 2.03. The molecule has 1 aromatic carbocycles. The third-order valence-electron chi connectivity index (χ3n) is 2.18. The molecule has 2 aromatic rings. The van der Waals surface area contributed by atoms with Gasteiger partial charge in [0.25, 0.3) is 0 Å². The van der Waals surface area contributed by atoms with E-state index in [1.54, 1.807) is 0 Å². The van der Waals surface area contributed by atoms with Gasteiger partial charge in [0, 0.05) is 0 Å². The summed E-state index contributed by atoms with van der Waals surface area (Å²) in [5.74, 6) is 0. The zero-order chi connectivity index (χ0) is 12.1. The van der Waals surface area contributed by atoms with Crippen molar-refractivity contribution in [3.63, 3.8) is 0 Å². The molecule has 1 heterocycles. The Bertz CT molecular complexity index is 493. The number of thiophene rings is 1. The summed E-state index contributed by atoms with van der Waals surface area (Å²) >= 11 is 1.43. The molecule has 17 heavy (non-hydrogen) atoms. The molecule has 3 nitrogen and oxygen atoms in total. The van der Waals surface area contributed by atoms with Gasteiger partial charge in [-0.05, 0) is 29.5 Å². The normalized spacial score (nSPS) is 9.94. The van der Waals surface area contributed by atoms with Crippen molar-refractivity contribution in [3.8, 4) is 0 Å². The first kappa shape index (κ1) is 11.7. The number of hydrogen-bond acceptors (Lipinski definition) is 3. The maximum Gasteiger partial charge on any atom is 0.412 e. The highest BCUT2D eigenvalue weighted by molar-refractivity contribution is 7.14. The van der Waals surface area contributed by atoms with Crippen LogP contribution in [0.3, 0.4) is 0 Å². The van der Waals surface area contributed by atoms with Crippen LogP contribution < -0.4 is 5.32 Å². The summed E-state index contributed by atoms with van der Waals surface area (Å²) in [5, 5.41) is 5.25. The van der Waals surface area contributed by atoms with Crippen molar-refractivity contribution in [2.75, 3.05) is 5.32 Å². The molecule has 0 aliphatic heterocycles. The lowest BCUT2D eigenvalue weighted by Crippen LogP contribution is -2.13. The Kier molecular flexibility index (Phi) is 3.77. The van der Waals surface area contributed by atoms with E-state index in [0.717, 1.165) is 16.1 Å². The first-order valence-electron chi connectivity index (χ1n) is 5.13. The average Bonchev–Trinajstić information content (AvgIpc) is 2.74. The van der Waals surface area contributed by atoms with Gasteiger partial charge in [0.1, 0.15) is 11.6 Å².